The van der Waals surface area contributed by atoms with Gasteiger partial charge in [-0.25, -0.2) is 0 Å². The maximum atomic E-state index is 11.6. The molecule has 0 radical (unpaired) electrons. The second kappa shape index (κ2) is 4.08. The van der Waals surface area contributed by atoms with Crippen molar-refractivity contribution in [3.63, 3.8) is 0 Å². The van der Waals surface area contributed by atoms with Gasteiger partial charge in [0.2, 0.25) is 0 Å². The van der Waals surface area contributed by atoms with Gasteiger partial charge in [0.25, 0.3) is 5.91 Å². The predicted molar refractivity (Wildman–Crippen MR) is 59.4 cm³/mol. The van der Waals surface area contributed by atoms with E-state index in [1.165, 1.54) is 7.11 Å². The minimum atomic E-state index is -0.476. The molecular formula is C10H11ClN2O2. The van der Waals surface area contributed by atoms with Crippen molar-refractivity contribution in [3.05, 3.63) is 23.2 Å². The molecule has 1 heterocycles. The third kappa shape index (κ3) is 2.06. The highest BCUT2D eigenvalue weighted by atomic mass is 35.5. The summed E-state index contributed by atoms with van der Waals surface area (Å²) >= 11 is 5.84. The Balaban J connectivity index is 2.31. The number of methoxy groups -OCH3 is 1. The van der Waals surface area contributed by atoms with Crippen LogP contribution in [-0.2, 0) is 9.53 Å². The summed E-state index contributed by atoms with van der Waals surface area (Å²) in [5.74, 6) is -0.161. The first-order valence-corrected chi connectivity index (χ1v) is 4.95. The molecule has 1 aliphatic rings. The Hall–Kier alpha value is -1.26. The number of carbonyl (C=O) groups excluding carboxylic acids is 1. The smallest absolute Gasteiger partial charge is 0.255 e. The summed E-state index contributed by atoms with van der Waals surface area (Å²) < 4.78 is 5.04. The molecule has 1 aromatic rings. The molecule has 5 heteroatoms. The molecule has 0 fully saturated rings. The van der Waals surface area contributed by atoms with E-state index in [4.69, 9.17) is 16.3 Å². The predicted octanol–water partition coefficient (Wildman–Crippen LogP) is 1.72. The highest BCUT2D eigenvalue weighted by Crippen LogP contribution is 2.27. The Kier molecular flexibility index (Phi) is 2.79. The SMILES string of the molecule is COC1CNc2ccc(Cl)cc2NC1=O. The van der Waals surface area contributed by atoms with Gasteiger partial charge in [0, 0.05) is 12.1 Å². The minimum Gasteiger partial charge on any atom is -0.380 e. The lowest BCUT2D eigenvalue weighted by molar-refractivity contribution is -0.124. The third-order valence-corrected chi connectivity index (χ3v) is 2.53. The van der Waals surface area contributed by atoms with Gasteiger partial charge in [-0.15, -0.1) is 0 Å². The van der Waals surface area contributed by atoms with Crippen LogP contribution in [0.2, 0.25) is 5.02 Å². The molecule has 0 bridgehead atoms. The molecule has 80 valence electrons. The molecule has 1 aliphatic heterocycles. The summed E-state index contributed by atoms with van der Waals surface area (Å²) in [5, 5.41) is 6.46. The van der Waals surface area contributed by atoms with Crippen LogP contribution in [0.25, 0.3) is 0 Å². The van der Waals surface area contributed by atoms with Crippen molar-refractivity contribution in [2.75, 3.05) is 24.3 Å². The highest BCUT2D eigenvalue weighted by Gasteiger charge is 2.22. The van der Waals surface area contributed by atoms with Crippen molar-refractivity contribution in [2.24, 2.45) is 0 Å². The van der Waals surface area contributed by atoms with E-state index in [9.17, 15) is 4.79 Å². The van der Waals surface area contributed by atoms with Gasteiger partial charge in [-0.1, -0.05) is 11.6 Å². The fourth-order valence-electron chi connectivity index (χ4n) is 1.47. The molecule has 1 unspecified atom stereocenters. The number of fused-ring (bicyclic) bond motifs is 1. The number of rotatable bonds is 1. The molecule has 2 rings (SSSR count). The summed E-state index contributed by atoms with van der Waals surface area (Å²) in [6.07, 6.45) is -0.476. The summed E-state index contributed by atoms with van der Waals surface area (Å²) in [7, 11) is 1.51. The van der Waals surface area contributed by atoms with E-state index in [-0.39, 0.29) is 5.91 Å². The number of anilines is 2. The number of amides is 1. The first kappa shape index (κ1) is 10.3. The maximum absolute atomic E-state index is 11.6. The van der Waals surface area contributed by atoms with Crippen LogP contribution in [0.5, 0.6) is 0 Å². The molecule has 15 heavy (non-hydrogen) atoms. The first-order chi connectivity index (χ1) is 7.20. The lowest BCUT2D eigenvalue weighted by Crippen LogP contribution is -2.32. The molecule has 1 atom stereocenters. The van der Waals surface area contributed by atoms with E-state index >= 15 is 0 Å². The number of benzene rings is 1. The van der Waals surface area contributed by atoms with Gasteiger partial charge in [0.05, 0.1) is 17.9 Å². The Morgan fingerprint density at radius 3 is 3.00 bits per heavy atom. The van der Waals surface area contributed by atoms with Gasteiger partial charge in [-0.3, -0.25) is 4.79 Å². The van der Waals surface area contributed by atoms with Gasteiger partial charge < -0.3 is 15.4 Å². The third-order valence-electron chi connectivity index (χ3n) is 2.29. The molecule has 1 aromatic carbocycles. The van der Waals surface area contributed by atoms with Gasteiger partial charge in [0.15, 0.2) is 6.10 Å². The van der Waals surface area contributed by atoms with Crippen LogP contribution < -0.4 is 10.6 Å². The number of carbonyl (C=O) groups is 1. The second-order valence-electron chi connectivity index (χ2n) is 3.28. The fourth-order valence-corrected chi connectivity index (χ4v) is 1.65. The van der Waals surface area contributed by atoms with Gasteiger partial charge in [-0.05, 0) is 18.2 Å². The van der Waals surface area contributed by atoms with Crippen molar-refractivity contribution < 1.29 is 9.53 Å². The Morgan fingerprint density at radius 1 is 1.47 bits per heavy atom. The van der Waals surface area contributed by atoms with E-state index in [1.807, 2.05) is 6.07 Å². The molecule has 0 spiro atoms. The van der Waals surface area contributed by atoms with Crippen LogP contribution in [0.3, 0.4) is 0 Å². The normalized spacial score (nSPS) is 19.9. The zero-order chi connectivity index (χ0) is 10.8. The van der Waals surface area contributed by atoms with Crippen molar-refractivity contribution in [1.29, 1.82) is 0 Å². The molecule has 0 aromatic heterocycles. The fraction of sp³-hybridized carbons (Fsp3) is 0.300. The molecule has 0 aliphatic carbocycles. The van der Waals surface area contributed by atoms with E-state index in [1.54, 1.807) is 12.1 Å². The molecular weight excluding hydrogens is 216 g/mol. The minimum absolute atomic E-state index is 0.161. The highest BCUT2D eigenvalue weighted by molar-refractivity contribution is 6.31. The first-order valence-electron chi connectivity index (χ1n) is 4.58. The average molecular weight is 227 g/mol. The number of nitrogens with one attached hydrogen (secondary N) is 2. The molecule has 1 amide bonds. The summed E-state index contributed by atoms with van der Waals surface area (Å²) in [6.45, 7) is 0.455. The van der Waals surface area contributed by atoms with Gasteiger partial charge >= 0.3 is 0 Å². The summed E-state index contributed by atoms with van der Waals surface area (Å²) in [6, 6.07) is 5.31. The average Bonchev–Trinajstić information content (AvgIpc) is 2.35. The van der Waals surface area contributed by atoms with Gasteiger partial charge in [-0.2, -0.15) is 0 Å². The van der Waals surface area contributed by atoms with Crippen molar-refractivity contribution in [1.82, 2.24) is 0 Å². The topological polar surface area (TPSA) is 50.4 Å². The Bertz CT molecular complexity index is 395. The molecule has 2 N–H and O–H groups in total. The molecule has 0 saturated heterocycles. The van der Waals surface area contributed by atoms with Crippen LogP contribution in [0.15, 0.2) is 18.2 Å². The zero-order valence-electron chi connectivity index (χ0n) is 8.21. The zero-order valence-corrected chi connectivity index (χ0v) is 8.97. The van der Waals surface area contributed by atoms with Crippen molar-refractivity contribution in [2.45, 2.75) is 6.10 Å². The maximum Gasteiger partial charge on any atom is 0.255 e. The Morgan fingerprint density at radius 2 is 2.27 bits per heavy atom. The summed E-state index contributed by atoms with van der Waals surface area (Å²) in [5.41, 5.74) is 1.54. The summed E-state index contributed by atoms with van der Waals surface area (Å²) in [4.78, 5) is 11.6. The van der Waals surface area contributed by atoms with Crippen LogP contribution in [0.4, 0.5) is 11.4 Å². The largest absolute Gasteiger partial charge is 0.380 e. The monoisotopic (exact) mass is 226 g/mol. The Labute approximate surface area is 92.6 Å². The second-order valence-corrected chi connectivity index (χ2v) is 3.72. The van der Waals surface area contributed by atoms with Crippen molar-refractivity contribution >= 4 is 28.9 Å². The molecule has 4 nitrogen and oxygen atoms in total. The lowest BCUT2D eigenvalue weighted by Gasteiger charge is -2.09. The van der Waals surface area contributed by atoms with Crippen molar-refractivity contribution in [3.8, 4) is 0 Å². The van der Waals surface area contributed by atoms with E-state index in [0.717, 1.165) is 5.69 Å². The van der Waals surface area contributed by atoms with E-state index in [0.29, 0.717) is 17.3 Å². The van der Waals surface area contributed by atoms with Crippen LogP contribution >= 0.6 is 11.6 Å². The van der Waals surface area contributed by atoms with E-state index in [2.05, 4.69) is 10.6 Å². The number of hydrogen-bond acceptors (Lipinski definition) is 3. The lowest BCUT2D eigenvalue weighted by atomic mass is 10.2. The number of halogens is 1. The number of ether oxygens (including phenoxy) is 1. The number of hydrogen-bond donors (Lipinski definition) is 2. The van der Waals surface area contributed by atoms with Crippen LogP contribution in [0.1, 0.15) is 0 Å². The standard InChI is InChI=1S/C10H11ClN2O2/c1-15-9-5-12-7-3-2-6(11)4-8(7)13-10(9)14/h2-4,9,12H,5H2,1H3,(H,13,14). The van der Waals surface area contributed by atoms with E-state index < -0.39 is 6.10 Å². The quantitative estimate of drug-likeness (QED) is 0.767. The van der Waals surface area contributed by atoms with Gasteiger partial charge in [0.1, 0.15) is 0 Å². The van der Waals surface area contributed by atoms with Crippen LogP contribution in [-0.4, -0.2) is 25.7 Å². The van der Waals surface area contributed by atoms with Crippen LogP contribution in [0, 0.1) is 0 Å². The molecule has 0 saturated carbocycles.